The zero-order valence-corrected chi connectivity index (χ0v) is 16.9. The van der Waals surface area contributed by atoms with E-state index in [2.05, 4.69) is 48.0 Å². The summed E-state index contributed by atoms with van der Waals surface area (Å²) in [6.07, 6.45) is 3.83. The van der Waals surface area contributed by atoms with Crippen molar-refractivity contribution in [3.63, 3.8) is 0 Å². The molecule has 1 N–H and O–H groups in total. The highest BCUT2D eigenvalue weighted by Gasteiger charge is 2.33. The summed E-state index contributed by atoms with van der Waals surface area (Å²) >= 11 is 0. The number of ether oxygens (including phenoxy) is 1. The van der Waals surface area contributed by atoms with Gasteiger partial charge in [-0.25, -0.2) is 4.98 Å². The minimum absolute atomic E-state index is 0.184. The summed E-state index contributed by atoms with van der Waals surface area (Å²) < 4.78 is 13.1. The Bertz CT molecular complexity index is 800. The molecule has 2 aromatic heterocycles. The molecule has 3 heterocycles. The van der Waals surface area contributed by atoms with Gasteiger partial charge >= 0.3 is 0 Å². The fourth-order valence-corrected chi connectivity index (χ4v) is 3.43. The molecule has 1 fully saturated rings. The van der Waals surface area contributed by atoms with E-state index in [0.29, 0.717) is 23.9 Å². The van der Waals surface area contributed by atoms with Crippen LogP contribution in [0.25, 0.3) is 11.5 Å². The van der Waals surface area contributed by atoms with Gasteiger partial charge in [0, 0.05) is 38.4 Å². The summed E-state index contributed by atoms with van der Waals surface area (Å²) in [5, 5.41) is 7.12. The van der Waals surface area contributed by atoms with Gasteiger partial charge in [0.05, 0.1) is 24.0 Å². The second kappa shape index (κ2) is 7.44. The topological polar surface area (TPSA) is 85.4 Å². The maximum atomic E-state index is 12.7. The molecule has 0 bridgehead atoms. The van der Waals surface area contributed by atoms with Crippen molar-refractivity contribution in [3.8, 4) is 11.5 Å². The third-order valence-electron chi connectivity index (χ3n) is 4.92. The number of hydrogen-bond acceptors (Lipinski definition) is 6. The fraction of sp³-hybridized carbons (Fsp3) is 0.632. The predicted molar refractivity (Wildman–Crippen MR) is 101 cm³/mol. The van der Waals surface area contributed by atoms with Gasteiger partial charge in [-0.15, -0.1) is 0 Å². The normalized spacial score (nSPS) is 21.4. The Kier molecular flexibility index (Phi) is 5.39. The molecule has 1 aliphatic heterocycles. The van der Waals surface area contributed by atoms with Crippen molar-refractivity contribution < 1.29 is 13.9 Å². The molecule has 1 amide bonds. The van der Waals surface area contributed by atoms with Crippen molar-refractivity contribution in [2.75, 3.05) is 19.6 Å². The van der Waals surface area contributed by atoms with Crippen LogP contribution in [-0.2, 0) is 11.8 Å². The van der Waals surface area contributed by atoms with Crippen LogP contribution in [0.4, 0.5) is 0 Å². The highest BCUT2D eigenvalue weighted by atomic mass is 16.5. The van der Waals surface area contributed by atoms with Gasteiger partial charge in [-0.2, -0.15) is 5.10 Å². The Morgan fingerprint density at radius 3 is 2.59 bits per heavy atom. The molecular formula is C19H29N5O3. The molecule has 2 unspecified atom stereocenters. The summed E-state index contributed by atoms with van der Waals surface area (Å²) in [6.45, 7) is 12.4. The summed E-state index contributed by atoms with van der Waals surface area (Å²) in [6, 6.07) is 0. The Balaban J connectivity index is 1.66. The number of amides is 1. The number of hydrogen-bond donors (Lipinski definition) is 1. The number of carbonyl (C=O) groups is 1. The lowest BCUT2D eigenvalue weighted by Crippen LogP contribution is -2.58. The molecule has 3 rings (SSSR count). The van der Waals surface area contributed by atoms with Crippen molar-refractivity contribution in [1.82, 2.24) is 25.0 Å². The highest BCUT2D eigenvalue weighted by molar-refractivity contribution is 5.93. The molecule has 0 aliphatic carbocycles. The Morgan fingerprint density at radius 2 is 2.00 bits per heavy atom. The predicted octanol–water partition coefficient (Wildman–Crippen LogP) is 2.00. The van der Waals surface area contributed by atoms with E-state index >= 15 is 0 Å². The Morgan fingerprint density at radius 1 is 1.33 bits per heavy atom. The molecule has 2 aromatic rings. The zero-order valence-electron chi connectivity index (χ0n) is 16.9. The van der Waals surface area contributed by atoms with E-state index in [-0.39, 0.29) is 23.7 Å². The lowest BCUT2D eigenvalue weighted by Gasteiger charge is -2.45. The minimum Gasteiger partial charge on any atom is -0.440 e. The Labute approximate surface area is 159 Å². The third kappa shape index (κ3) is 4.39. The largest absolute Gasteiger partial charge is 0.440 e. The smallest absolute Gasteiger partial charge is 0.273 e. The van der Waals surface area contributed by atoms with Crippen LogP contribution in [0.3, 0.4) is 0 Å². The van der Waals surface area contributed by atoms with E-state index in [1.807, 2.05) is 7.05 Å². The van der Waals surface area contributed by atoms with E-state index in [1.54, 1.807) is 24.0 Å². The van der Waals surface area contributed by atoms with Gasteiger partial charge in [-0.1, -0.05) is 0 Å². The first-order chi connectivity index (χ1) is 12.7. The molecule has 0 spiro atoms. The SMILES string of the molecule is Cc1oc(-c2cnn(C)c2)nc1C(=O)NCC(C)(C)N1CC(C)OC(C)C1. The van der Waals surface area contributed by atoms with Gasteiger partial charge in [0.15, 0.2) is 5.69 Å². The first kappa shape index (κ1) is 19.6. The Hall–Kier alpha value is -2.19. The fourth-order valence-electron chi connectivity index (χ4n) is 3.43. The molecule has 8 nitrogen and oxygen atoms in total. The van der Waals surface area contributed by atoms with E-state index in [1.165, 1.54) is 0 Å². The number of nitrogens with one attached hydrogen (secondary N) is 1. The lowest BCUT2D eigenvalue weighted by atomic mass is 10.00. The van der Waals surface area contributed by atoms with Crippen molar-refractivity contribution in [2.45, 2.75) is 52.4 Å². The molecule has 27 heavy (non-hydrogen) atoms. The number of oxazole rings is 1. The van der Waals surface area contributed by atoms with Crippen molar-refractivity contribution in [3.05, 3.63) is 23.8 Å². The molecule has 0 radical (unpaired) electrons. The standard InChI is InChI=1S/C19H29N5O3/c1-12-8-24(9-13(2)26-12)19(4,5)11-20-17(25)16-14(3)27-18(22-16)15-7-21-23(6)10-15/h7,10,12-13H,8-9,11H2,1-6H3,(H,20,25). The molecule has 0 saturated carbocycles. The molecule has 1 aliphatic rings. The number of rotatable bonds is 5. The van der Waals surface area contributed by atoms with Crippen LogP contribution >= 0.6 is 0 Å². The van der Waals surface area contributed by atoms with Gasteiger partial charge in [0.1, 0.15) is 5.76 Å². The summed E-state index contributed by atoms with van der Waals surface area (Å²) in [5.74, 6) is 0.674. The van der Waals surface area contributed by atoms with Crippen molar-refractivity contribution in [1.29, 1.82) is 0 Å². The molecule has 8 heteroatoms. The molecule has 148 valence electrons. The van der Waals surface area contributed by atoms with Crippen LogP contribution in [-0.4, -0.2) is 63.0 Å². The monoisotopic (exact) mass is 375 g/mol. The average molecular weight is 375 g/mol. The number of carbonyl (C=O) groups excluding carboxylic acids is 1. The van der Waals surface area contributed by atoms with Crippen LogP contribution in [0.2, 0.25) is 0 Å². The second-order valence-electron chi connectivity index (χ2n) is 7.98. The summed E-state index contributed by atoms with van der Waals surface area (Å²) in [4.78, 5) is 19.4. The number of morpholine rings is 1. The zero-order chi connectivity index (χ0) is 19.8. The van der Waals surface area contributed by atoms with Crippen molar-refractivity contribution in [2.24, 2.45) is 7.05 Å². The average Bonchev–Trinajstić information content (AvgIpc) is 3.17. The lowest BCUT2D eigenvalue weighted by molar-refractivity contribution is -0.0948. The number of aromatic nitrogens is 3. The highest BCUT2D eigenvalue weighted by Crippen LogP contribution is 2.23. The quantitative estimate of drug-likeness (QED) is 0.860. The summed E-state index contributed by atoms with van der Waals surface area (Å²) in [5.41, 5.74) is 0.871. The maximum Gasteiger partial charge on any atom is 0.273 e. The maximum absolute atomic E-state index is 12.7. The van der Waals surface area contributed by atoms with Crippen LogP contribution in [0, 0.1) is 6.92 Å². The first-order valence-electron chi connectivity index (χ1n) is 9.31. The van der Waals surface area contributed by atoms with Gasteiger partial charge in [0.2, 0.25) is 5.89 Å². The van der Waals surface area contributed by atoms with Crippen LogP contribution in [0.1, 0.15) is 43.9 Å². The third-order valence-corrected chi connectivity index (χ3v) is 4.92. The molecule has 1 saturated heterocycles. The van der Waals surface area contributed by atoms with Gasteiger partial charge in [-0.3, -0.25) is 14.4 Å². The summed E-state index contributed by atoms with van der Waals surface area (Å²) in [7, 11) is 1.82. The first-order valence-corrected chi connectivity index (χ1v) is 9.31. The van der Waals surface area contributed by atoms with Gasteiger partial charge < -0.3 is 14.5 Å². The molecule has 0 aromatic carbocycles. The number of aryl methyl sites for hydroxylation is 2. The number of nitrogens with zero attached hydrogens (tertiary/aromatic N) is 4. The molecule has 2 atom stereocenters. The minimum atomic E-state index is -0.228. The van der Waals surface area contributed by atoms with E-state index in [0.717, 1.165) is 18.7 Å². The second-order valence-corrected chi connectivity index (χ2v) is 7.98. The van der Waals surface area contributed by atoms with Crippen LogP contribution in [0.15, 0.2) is 16.8 Å². The van der Waals surface area contributed by atoms with Crippen LogP contribution in [0.5, 0.6) is 0 Å². The van der Waals surface area contributed by atoms with Gasteiger partial charge in [0.25, 0.3) is 5.91 Å². The van der Waals surface area contributed by atoms with E-state index < -0.39 is 0 Å². The van der Waals surface area contributed by atoms with E-state index in [9.17, 15) is 4.79 Å². The van der Waals surface area contributed by atoms with Crippen LogP contribution < -0.4 is 5.32 Å². The molecular weight excluding hydrogens is 346 g/mol. The van der Waals surface area contributed by atoms with Crippen molar-refractivity contribution >= 4 is 5.91 Å². The van der Waals surface area contributed by atoms with E-state index in [4.69, 9.17) is 9.15 Å². The van der Waals surface area contributed by atoms with Gasteiger partial charge in [-0.05, 0) is 34.6 Å².